The maximum absolute atomic E-state index is 11.4. The van der Waals surface area contributed by atoms with Crippen LogP contribution >= 0.6 is 11.6 Å². The van der Waals surface area contributed by atoms with E-state index >= 15 is 0 Å². The van der Waals surface area contributed by atoms with Crippen LogP contribution < -0.4 is 0 Å². The molecule has 2 heteroatoms. The summed E-state index contributed by atoms with van der Waals surface area (Å²) in [5.74, 6) is 2.38. The number of carbonyl (C=O) groups excluding carboxylic acids is 1. The summed E-state index contributed by atoms with van der Waals surface area (Å²) >= 11 is 6.62. The van der Waals surface area contributed by atoms with Gasteiger partial charge in [0.2, 0.25) is 0 Å². The average molecular weight is 333 g/mol. The summed E-state index contributed by atoms with van der Waals surface area (Å²) in [5, 5.41) is 0.814. The molecule has 0 aliphatic heterocycles. The Morgan fingerprint density at radius 3 is 2.70 bits per heavy atom. The lowest BCUT2D eigenvalue weighted by Gasteiger charge is -2.56. The summed E-state index contributed by atoms with van der Waals surface area (Å²) in [4.78, 5) is 11.4. The predicted octanol–water partition coefficient (Wildman–Crippen LogP) is 6.03. The number of carbonyl (C=O) groups is 1. The predicted molar refractivity (Wildman–Crippen MR) is 95.3 cm³/mol. The lowest BCUT2D eigenvalue weighted by atomic mass is 9.48. The van der Waals surface area contributed by atoms with E-state index in [1.165, 1.54) is 56.9 Å². The van der Waals surface area contributed by atoms with Crippen molar-refractivity contribution in [3.05, 3.63) is 22.3 Å². The first-order valence-electron chi connectivity index (χ1n) is 9.58. The highest BCUT2D eigenvalue weighted by Gasteiger charge is 2.55. The topological polar surface area (TPSA) is 17.1 Å². The smallest absolute Gasteiger partial charge is 0.151 e. The van der Waals surface area contributed by atoms with Crippen molar-refractivity contribution in [3.8, 4) is 0 Å². The lowest BCUT2D eigenvalue weighted by molar-refractivity contribution is -0.104. The number of fused-ring (bicyclic) bond motifs is 5. The third kappa shape index (κ3) is 2.15. The fraction of sp³-hybridized carbons (Fsp3) is 0.762. The Balaban J connectivity index is 1.71. The zero-order chi connectivity index (χ0) is 16.2. The van der Waals surface area contributed by atoms with Crippen molar-refractivity contribution in [3.63, 3.8) is 0 Å². The second kappa shape index (κ2) is 5.48. The molecule has 0 heterocycles. The van der Waals surface area contributed by atoms with Crippen molar-refractivity contribution in [1.82, 2.24) is 0 Å². The van der Waals surface area contributed by atoms with Gasteiger partial charge in [0.15, 0.2) is 6.29 Å². The van der Waals surface area contributed by atoms with E-state index in [0.29, 0.717) is 11.3 Å². The minimum atomic E-state index is -0.0487. The van der Waals surface area contributed by atoms with Crippen LogP contribution in [-0.2, 0) is 4.79 Å². The molecule has 0 N–H and O–H groups in total. The van der Waals surface area contributed by atoms with Crippen LogP contribution in [0, 0.1) is 28.6 Å². The van der Waals surface area contributed by atoms with Crippen molar-refractivity contribution in [1.29, 1.82) is 0 Å². The van der Waals surface area contributed by atoms with Gasteiger partial charge in [0, 0.05) is 16.0 Å². The van der Waals surface area contributed by atoms with E-state index in [-0.39, 0.29) is 5.41 Å². The largest absolute Gasteiger partial charge is 0.298 e. The highest BCUT2D eigenvalue weighted by molar-refractivity contribution is 6.33. The molecule has 0 aromatic rings. The van der Waals surface area contributed by atoms with Crippen molar-refractivity contribution in [2.75, 3.05) is 0 Å². The first-order chi connectivity index (χ1) is 11.0. The molecular weight excluding hydrogens is 304 g/mol. The molecule has 4 aliphatic carbocycles. The molecule has 0 saturated heterocycles. The van der Waals surface area contributed by atoms with Crippen molar-refractivity contribution >= 4 is 17.9 Å². The molecule has 4 aliphatic rings. The van der Waals surface area contributed by atoms with Gasteiger partial charge in [-0.3, -0.25) is 4.79 Å². The van der Waals surface area contributed by atoms with Gasteiger partial charge in [-0.25, -0.2) is 0 Å². The van der Waals surface area contributed by atoms with E-state index in [4.69, 9.17) is 11.6 Å². The van der Waals surface area contributed by atoms with Crippen LogP contribution in [0.25, 0.3) is 0 Å². The number of hydrogen-bond donors (Lipinski definition) is 0. The van der Waals surface area contributed by atoms with Gasteiger partial charge in [0.05, 0.1) is 0 Å². The van der Waals surface area contributed by atoms with Gasteiger partial charge in [0.1, 0.15) is 0 Å². The van der Waals surface area contributed by atoms with E-state index in [1.807, 2.05) is 0 Å². The van der Waals surface area contributed by atoms with Gasteiger partial charge >= 0.3 is 0 Å². The average Bonchev–Trinajstić information content (AvgIpc) is 2.69. The maximum Gasteiger partial charge on any atom is 0.151 e. The Hall–Kier alpha value is -0.560. The molecular formula is C21H29ClO. The molecule has 0 radical (unpaired) electrons. The molecule has 5 atom stereocenters. The standard InChI is InChI=1S/C21H29ClO/c1-20-10-5-3-4-6-15(20)7-8-16-17(20)9-11-21(2)18(16)12-14(13-23)19(21)22/h12-13,15-17H,3-11H2,1-2H3/t15-,16-,17?,20+,21+/m1/s1. The summed E-state index contributed by atoms with van der Waals surface area (Å²) in [6, 6.07) is 0. The van der Waals surface area contributed by atoms with Crippen molar-refractivity contribution in [2.24, 2.45) is 28.6 Å². The van der Waals surface area contributed by atoms with Gasteiger partial charge < -0.3 is 0 Å². The van der Waals surface area contributed by atoms with E-state index in [2.05, 4.69) is 19.9 Å². The van der Waals surface area contributed by atoms with E-state index in [0.717, 1.165) is 35.1 Å². The number of rotatable bonds is 1. The Bertz CT molecular complexity index is 589. The van der Waals surface area contributed by atoms with Crippen LogP contribution in [0.3, 0.4) is 0 Å². The van der Waals surface area contributed by atoms with Crippen molar-refractivity contribution < 1.29 is 4.79 Å². The quantitative estimate of drug-likeness (QED) is 0.536. The lowest BCUT2D eigenvalue weighted by Crippen LogP contribution is -2.48. The molecule has 0 aromatic heterocycles. The summed E-state index contributed by atoms with van der Waals surface area (Å²) in [5.41, 5.74) is 2.70. The van der Waals surface area contributed by atoms with E-state index in [1.54, 1.807) is 0 Å². The number of aldehydes is 1. The van der Waals surface area contributed by atoms with Gasteiger partial charge in [-0.05, 0) is 61.7 Å². The highest BCUT2D eigenvalue weighted by Crippen LogP contribution is 2.65. The van der Waals surface area contributed by atoms with Crippen LogP contribution in [0.4, 0.5) is 0 Å². The van der Waals surface area contributed by atoms with Crippen LogP contribution in [0.2, 0.25) is 0 Å². The molecule has 4 rings (SSSR count). The summed E-state index contributed by atoms with van der Waals surface area (Å²) < 4.78 is 0. The second-order valence-electron chi connectivity index (χ2n) is 8.95. The molecule has 3 saturated carbocycles. The maximum atomic E-state index is 11.4. The molecule has 1 nitrogen and oxygen atoms in total. The van der Waals surface area contributed by atoms with Crippen molar-refractivity contribution in [2.45, 2.75) is 71.6 Å². The van der Waals surface area contributed by atoms with Gasteiger partial charge in [-0.1, -0.05) is 56.4 Å². The Morgan fingerprint density at radius 1 is 1.09 bits per heavy atom. The Morgan fingerprint density at radius 2 is 1.91 bits per heavy atom. The third-order valence-electron chi connectivity index (χ3n) is 8.03. The summed E-state index contributed by atoms with van der Waals surface area (Å²) in [7, 11) is 0. The van der Waals surface area contributed by atoms with Crippen LogP contribution in [0.1, 0.15) is 71.6 Å². The number of hydrogen-bond acceptors (Lipinski definition) is 1. The minimum Gasteiger partial charge on any atom is -0.298 e. The summed E-state index contributed by atoms with van der Waals surface area (Å²) in [6.45, 7) is 4.86. The zero-order valence-electron chi connectivity index (χ0n) is 14.5. The molecule has 0 amide bonds. The van der Waals surface area contributed by atoms with Crippen LogP contribution in [0.15, 0.2) is 22.3 Å². The molecule has 0 bridgehead atoms. The fourth-order valence-electron chi connectivity index (χ4n) is 6.65. The Kier molecular flexibility index (Phi) is 3.80. The Labute approximate surface area is 145 Å². The number of allylic oxidation sites excluding steroid dienone is 4. The SMILES string of the molecule is C[C@]12CCC3[C@@H](CC[C@H]4CCCCC[C@]34C)C1=CC(C=O)=C2Cl. The molecule has 126 valence electrons. The van der Waals surface area contributed by atoms with Crippen LogP contribution in [0.5, 0.6) is 0 Å². The normalized spacial score (nSPS) is 46.4. The van der Waals surface area contributed by atoms with E-state index < -0.39 is 0 Å². The summed E-state index contributed by atoms with van der Waals surface area (Å²) in [6.07, 6.45) is 15.3. The van der Waals surface area contributed by atoms with Gasteiger partial charge in [-0.15, -0.1) is 0 Å². The first-order valence-corrected chi connectivity index (χ1v) is 9.96. The van der Waals surface area contributed by atoms with E-state index in [9.17, 15) is 4.79 Å². The van der Waals surface area contributed by atoms with Gasteiger partial charge in [0.25, 0.3) is 0 Å². The molecule has 0 aromatic carbocycles. The third-order valence-corrected chi connectivity index (χ3v) is 8.66. The zero-order valence-corrected chi connectivity index (χ0v) is 15.3. The molecule has 0 spiro atoms. The van der Waals surface area contributed by atoms with Crippen LogP contribution in [-0.4, -0.2) is 6.29 Å². The first kappa shape index (κ1) is 15.9. The monoisotopic (exact) mass is 332 g/mol. The minimum absolute atomic E-state index is 0.0487. The highest BCUT2D eigenvalue weighted by atomic mass is 35.5. The number of halogens is 1. The molecule has 3 fully saturated rings. The molecule has 1 unspecified atom stereocenters. The molecule has 23 heavy (non-hydrogen) atoms. The second-order valence-corrected chi connectivity index (χ2v) is 9.33. The van der Waals surface area contributed by atoms with Gasteiger partial charge in [-0.2, -0.15) is 0 Å². The fourth-order valence-corrected chi connectivity index (χ4v) is 6.95.